The predicted molar refractivity (Wildman–Crippen MR) is 428 cm³/mol. The van der Waals surface area contributed by atoms with Crippen LogP contribution >= 0.6 is 15.6 Å². The smallest absolute Gasteiger partial charge is 0.462 e. The van der Waals surface area contributed by atoms with E-state index in [0.29, 0.717) is 37.5 Å². The second kappa shape index (κ2) is 75.1. The Balaban J connectivity index is 5.16. The maximum atomic E-state index is 13.1. The average Bonchev–Trinajstić information content (AvgIpc) is 0.933. The third-order valence-electron chi connectivity index (χ3n) is 20.2. The first-order chi connectivity index (χ1) is 50.3. The molecule has 0 radical (unpaired) electrons. The standard InChI is InChI=1S/C85H166O17P2/c1-8-10-11-12-13-14-15-16-17-18-19-20-21-22-26-29-32-35-38-45-52-59-66-82(87)95-72-80(101-84(89)68-61-54-46-39-36-33-30-27-24-23-25-28-31-34-37-44-51-58-65-78(7)9-2)74-99-103(91,92)97-70-79(86)71-98-104(93,94)100-75-81(102-85(90)69-62-55-48-41-43-50-57-64-77(5)6)73-96-83(88)67-60-53-47-40-42-49-56-63-76(3)4/h76-81,86H,8-75H2,1-7H3,(H,91,92)(H,93,94)/t78?,79-,80-,81-/m1/s1. The van der Waals surface area contributed by atoms with Crippen molar-refractivity contribution in [3.05, 3.63) is 0 Å². The molecule has 17 nitrogen and oxygen atoms in total. The number of phosphoric acid groups is 2. The number of hydrogen-bond donors (Lipinski definition) is 3. The minimum Gasteiger partial charge on any atom is -0.462 e. The van der Waals surface area contributed by atoms with E-state index in [4.69, 9.17) is 37.0 Å². The normalized spacial score (nSPS) is 14.2. The molecule has 0 aliphatic carbocycles. The monoisotopic (exact) mass is 1520 g/mol. The first kappa shape index (κ1) is 102. The SMILES string of the molecule is CCCCCCCCCCCCCCCCCCCCCCCCC(=O)OC[C@H](COP(=O)(O)OC[C@@H](O)COP(=O)(O)OC[C@@H](COC(=O)CCCCCCCCCC(C)C)OC(=O)CCCCCCCCCC(C)C)OC(=O)CCCCCCCCCCCCCCCCCCCCC(C)CC. The van der Waals surface area contributed by atoms with E-state index in [1.54, 1.807) is 0 Å². The van der Waals surface area contributed by atoms with Crippen LogP contribution in [-0.4, -0.2) is 96.7 Å². The summed E-state index contributed by atoms with van der Waals surface area (Å²) in [5, 5.41) is 10.6. The topological polar surface area (TPSA) is 237 Å². The van der Waals surface area contributed by atoms with Crippen LogP contribution in [0.3, 0.4) is 0 Å². The number of unbranched alkanes of at least 4 members (excludes halogenated alkanes) is 50. The molecular formula is C85H166O17P2. The largest absolute Gasteiger partial charge is 0.472 e. The number of aliphatic hydroxyl groups excluding tert-OH is 1. The Bertz CT molecular complexity index is 2010. The highest BCUT2D eigenvalue weighted by Crippen LogP contribution is 2.45. The number of carbonyl (C=O) groups excluding carboxylic acids is 4. The third-order valence-corrected chi connectivity index (χ3v) is 22.1. The van der Waals surface area contributed by atoms with Gasteiger partial charge in [-0.1, -0.05) is 395 Å². The molecule has 0 rings (SSSR count). The van der Waals surface area contributed by atoms with Crippen LogP contribution in [0.2, 0.25) is 0 Å². The zero-order chi connectivity index (χ0) is 76.5. The quantitative estimate of drug-likeness (QED) is 0.0222. The van der Waals surface area contributed by atoms with Gasteiger partial charge in [-0.25, -0.2) is 9.13 Å². The molecule has 0 aliphatic rings. The number of carbonyl (C=O) groups is 4. The van der Waals surface area contributed by atoms with Gasteiger partial charge in [0.15, 0.2) is 12.2 Å². The zero-order valence-electron chi connectivity index (χ0n) is 68.5. The molecule has 0 amide bonds. The molecule has 3 N–H and O–H groups in total. The van der Waals surface area contributed by atoms with E-state index >= 15 is 0 Å². The number of rotatable bonds is 83. The van der Waals surface area contributed by atoms with Gasteiger partial charge in [0.2, 0.25) is 0 Å². The van der Waals surface area contributed by atoms with Gasteiger partial charge in [-0.05, 0) is 43.4 Å². The first-order valence-corrected chi connectivity index (χ1v) is 46.9. The highest BCUT2D eigenvalue weighted by atomic mass is 31.2. The summed E-state index contributed by atoms with van der Waals surface area (Å²) in [6.45, 7) is 11.9. The lowest BCUT2D eigenvalue weighted by atomic mass is 9.99. The first-order valence-electron chi connectivity index (χ1n) is 43.9. The molecule has 0 saturated carbocycles. The second-order valence-electron chi connectivity index (χ2n) is 31.8. The lowest BCUT2D eigenvalue weighted by molar-refractivity contribution is -0.161. The van der Waals surface area contributed by atoms with Gasteiger partial charge in [0.25, 0.3) is 0 Å². The highest BCUT2D eigenvalue weighted by Gasteiger charge is 2.30. The van der Waals surface area contributed by atoms with E-state index in [2.05, 4.69) is 48.5 Å². The van der Waals surface area contributed by atoms with Gasteiger partial charge in [0, 0.05) is 25.7 Å². The summed E-state index contributed by atoms with van der Waals surface area (Å²) < 4.78 is 68.7. The van der Waals surface area contributed by atoms with Crippen molar-refractivity contribution in [2.24, 2.45) is 17.8 Å². The Kier molecular flexibility index (Phi) is 73.7. The minimum absolute atomic E-state index is 0.103. The molecule has 618 valence electrons. The van der Waals surface area contributed by atoms with Crippen molar-refractivity contribution in [3.8, 4) is 0 Å². The Hall–Kier alpha value is -1.94. The molecule has 0 bridgehead atoms. The molecule has 6 atom stereocenters. The summed E-state index contributed by atoms with van der Waals surface area (Å²) in [5.74, 6) is 0.158. The van der Waals surface area contributed by atoms with Crippen molar-refractivity contribution in [2.75, 3.05) is 39.6 Å². The molecule has 0 aromatic heterocycles. The van der Waals surface area contributed by atoms with Crippen molar-refractivity contribution >= 4 is 39.5 Å². The fraction of sp³-hybridized carbons (Fsp3) is 0.953. The summed E-state index contributed by atoms with van der Waals surface area (Å²) in [6, 6.07) is 0. The molecule has 104 heavy (non-hydrogen) atoms. The highest BCUT2D eigenvalue weighted by molar-refractivity contribution is 7.47. The van der Waals surface area contributed by atoms with Gasteiger partial charge < -0.3 is 33.8 Å². The summed E-state index contributed by atoms with van der Waals surface area (Å²) in [7, 11) is -9.92. The average molecular weight is 1520 g/mol. The van der Waals surface area contributed by atoms with Crippen molar-refractivity contribution in [1.82, 2.24) is 0 Å². The Labute approximate surface area is 638 Å². The van der Waals surface area contributed by atoms with E-state index in [0.717, 1.165) is 102 Å². The van der Waals surface area contributed by atoms with Crippen molar-refractivity contribution < 1.29 is 80.2 Å². The van der Waals surface area contributed by atoms with Gasteiger partial charge in [-0.3, -0.25) is 37.3 Å². The van der Waals surface area contributed by atoms with Crippen LogP contribution in [0.5, 0.6) is 0 Å². The Morgan fingerprint density at radius 3 is 0.731 bits per heavy atom. The van der Waals surface area contributed by atoms with E-state index < -0.39 is 97.5 Å². The van der Waals surface area contributed by atoms with Gasteiger partial charge in [-0.2, -0.15) is 0 Å². The maximum absolute atomic E-state index is 13.1. The molecule has 0 aromatic carbocycles. The van der Waals surface area contributed by atoms with Crippen molar-refractivity contribution in [3.63, 3.8) is 0 Å². The van der Waals surface area contributed by atoms with Gasteiger partial charge >= 0.3 is 39.5 Å². The predicted octanol–water partition coefficient (Wildman–Crippen LogP) is 25.7. The van der Waals surface area contributed by atoms with Crippen LogP contribution in [0, 0.1) is 17.8 Å². The minimum atomic E-state index is -4.97. The molecule has 19 heteroatoms. The summed E-state index contributed by atoms with van der Waals surface area (Å²) in [5.41, 5.74) is 0. The van der Waals surface area contributed by atoms with Crippen LogP contribution < -0.4 is 0 Å². The van der Waals surface area contributed by atoms with E-state index in [1.807, 2.05) is 0 Å². The van der Waals surface area contributed by atoms with Crippen LogP contribution in [0.4, 0.5) is 0 Å². The number of phosphoric ester groups is 2. The maximum Gasteiger partial charge on any atom is 0.472 e. The fourth-order valence-corrected chi connectivity index (χ4v) is 14.7. The van der Waals surface area contributed by atoms with Gasteiger partial charge in [0.1, 0.15) is 19.3 Å². The molecular weight excluding hydrogens is 1350 g/mol. The molecule has 0 fully saturated rings. The van der Waals surface area contributed by atoms with E-state index in [-0.39, 0.29) is 25.7 Å². The molecule has 0 saturated heterocycles. The molecule has 0 heterocycles. The molecule has 3 unspecified atom stereocenters. The Morgan fingerprint density at radius 1 is 0.279 bits per heavy atom. The van der Waals surface area contributed by atoms with Crippen molar-refractivity contribution in [2.45, 2.75) is 465 Å². The number of hydrogen-bond acceptors (Lipinski definition) is 15. The van der Waals surface area contributed by atoms with Crippen LogP contribution in [0.25, 0.3) is 0 Å². The fourth-order valence-electron chi connectivity index (χ4n) is 13.2. The van der Waals surface area contributed by atoms with E-state index in [9.17, 15) is 43.2 Å². The number of esters is 4. The lowest BCUT2D eigenvalue weighted by Crippen LogP contribution is -2.30. The van der Waals surface area contributed by atoms with E-state index in [1.165, 1.54) is 250 Å². The molecule has 0 aromatic rings. The number of ether oxygens (including phenoxy) is 4. The van der Waals surface area contributed by atoms with Gasteiger partial charge in [0.05, 0.1) is 26.4 Å². The molecule has 0 aliphatic heterocycles. The summed E-state index contributed by atoms with van der Waals surface area (Å²) in [6.07, 6.45) is 65.8. The van der Waals surface area contributed by atoms with Gasteiger partial charge in [-0.15, -0.1) is 0 Å². The summed E-state index contributed by atoms with van der Waals surface area (Å²) >= 11 is 0. The third kappa shape index (κ3) is 76.8. The second-order valence-corrected chi connectivity index (χ2v) is 34.7. The zero-order valence-corrected chi connectivity index (χ0v) is 70.3. The van der Waals surface area contributed by atoms with Crippen molar-refractivity contribution in [1.29, 1.82) is 0 Å². The number of aliphatic hydroxyl groups is 1. The Morgan fingerprint density at radius 2 is 0.490 bits per heavy atom. The van der Waals surface area contributed by atoms with Crippen LogP contribution in [-0.2, 0) is 65.4 Å². The van der Waals surface area contributed by atoms with Crippen LogP contribution in [0.1, 0.15) is 447 Å². The lowest BCUT2D eigenvalue weighted by Gasteiger charge is -2.21. The van der Waals surface area contributed by atoms with Crippen LogP contribution in [0.15, 0.2) is 0 Å². The molecule has 0 spiro atoms. The summed E-state index contributed by atoms with van der Waals surface area (Å²) in [4.78, 5) is 73.0.